The molecule has 0 aliphatic carbocycles. The fourth-order valence-electron chi connectivity index (χ4n) is 1.76. The highest BCUT2D eigenvalue weighted by Crippen LogP contribution is 2.04. The van der Waals surface area contributed by atoms with E-state index in [9.17, 15) is 9.59 Å². The van der Waals surface area contributed by atoms with Crippen LogP contribution in [-0.2, 0) is 22.4 Å². The Morgan fingerprint density at radius 3 is 1.14 bits per heavy atom. The van der Waals surface area contributed by atoms with Crippen LogP contribution >= 0.6 is 0 Å². The van der Waals surface area contributed by atoms with Gasteiger partial charge in [0.05, 0.1) is 0 Å². The maximum Gasteiger partial charge on any atom is 0.203 e. The Balaban J connectivity index is 0.00000102. The van der Waals surface area contributed by atoms with Gasteiger partial charge < -0.3 is 0 Å². The van der Waals surface area contributed by atoms with Crippen LogP contribution in [0.1, 0.15) is 38.8 Å². The quantitative estimate of drug-likeness (QED) is 0.752. The first kappa shape index (κ1) is 19.8. The zero-order valence-corrected chi connectivity index (χ0v) is 14.0. The lowest BCUT2D eigenvalue weighted by atomic mass is 10.0. The van der Waals surface area contributed by atoms with Crippen LogP contribution in [0.3, 0.4) is 0 Å². The first-order valence-corrected chi connectivity index (χ1v) is 7.89. The molecule has 2 heteroatoms. The number of rotatable bonds is 5. The van der Waals surface area contributed by atoms with Gasteiger partial charge in [-0.2, -0.15) is 0 Å². The molecule has 0 heterocycles. The summed E-state index contributed by atoms with van der Waals surface area (Å²) in [6.07, 6.45) is 0.374. The summed E-state index contributed by atoms with van der Waals surface area (Å²) in [6, 6.07) is 18.7. The highest BCUT2D eigenvalue weighted by Gasteiger charge is 2.14. The van der Waals surface area contributed by atoms with Gasteiger partial charge in [-0.1, -0.05) is 88.4 Å². The lowest BCUT2D eigenvalue weighted by molar-refractivity contribution is -0.135. The predicted molar refractivity (Wildman–Crippen MR) is 93.0 cm³/mol. The Bertz CT molecular complexity index is 479. The second-order valence-electron chi connectivity index (χ2n) is 4.17. The van der Waals surface area contributed by atoms with E-state index in [1.165, 1.54) is 0 Å². The van der Waals surface area contributed by atoms with Gasteiger partial charge in [-0.05, 0) is 11.1 Å². The van der Waals surface area contributed by atoms with Crippen molar-refractivity contribution in [1.29, 1.82) is 0 Å². The van der Waals surface area contributed by atoms with Crippen molar-refractivity contribution < 1.29 is 9.59 Å². The van der Waals surface area contributed by atoms with Crippen molar-refractivity contribution >= 4 is 11.6 Å². The largest absolute Gasteiger partial charge is 0.291 e. The third kappa shape index (κ3) is 7.53. The highest BCUT2D eigenvalue weighted by molar-refractivity contribution is 6.38. The number of Topliss-reactive ketones (excluding diaryl/α,β-unsaturated/α-hetero) is 2. The molecule has 0 N–H and O–H groups in total. The summed E-state index contributed by atoms with van der Waals surface area (Å²) in [5.41, 5.74) is 1.76. The van der Waals surface area contributed by atoms with Crippen molar-refractivity contribution in [3.63, 3.8) is 0 Å². The molecule has 0 atom stereocenters. The Labute approximate surface area is 134 Å². The van der Waals surface area contributed by atoms with Gasteiger partial charge >= 0.3 is 0 Å². The van der Waals surface area contributed by atoms with E-state index < -0.39 is 0 Å². The Morgan fingerprint density at radius 2 is 0.864 bits per heavy atom. The molecule has 0 aromatic heterocycles. The number of carbonyl (C=O) groups excluding carboxylic acids is 2. The minimum Gasteiger partial charge on any atom is -0.291 e. The smallest absolute Gasteiger partial charge is 0.203 e. The van der Waals surface area contributed by atoms with Crippen molar-refractivity contribution in [1.82, 2.24) is 0 Å². The summed E-state index contributed by atoms with van der Waals surface area (Å²) in [7, 11) is 0. The molecule has 0 spiro atoms. The first-order valence-electron chi connectivity index (χ1n) is 7.89. The number of carbonyl (C=O) groups is 2. The van der Waals surface area contributed by atoms with Crippen molar-refractivity contribution in [3.05, 3.63) is 71.8 Å². The normalized spacial score (nSPS) is 8.73. The van der Waals surface area contributed by atoms with Crippen molar-refractivity contribution in [3.8, 4) is 0 Å². The lowest BCUT2D eigenvalue weighted by Gasteiger charge is -2.01. The van der Waals surface area contributed by atoms with Gasteiger partial charge in [0.15, 0.2) is 0 Å². The van der Waals surface area contributed by atoms with Gasteiger partial charge in [-0.25, -0.2) is 0 Å². The number of ketones is 2. The number of hydrogen-bond donors (Lipinski definition) is 0. The molecular formula is C20H26O2. The second kappa shape index (κ2) is 12.5. The average Bonchev–Trinajstić information content (AvgIpc) is 2.60. The monoisotopic (exact) mass is 298 g/mol. The van der Waals surface area contributed by atoms with E-state index in [0.717, 1.165) is 11.1 Å². The molecule has 118 valence electrons. The van der Waals surface area contributed by atoms with Gasteiger partial charge in [-0.3, -0.25) is 9.59 Å². The summed E-state index contributed by atoms with van der Waals surface area (Å²) in [5.74, 6) is -0.657. The van der Waals surface area contributed by atoms with E-state index >= 15 is 0 Å². The molecule has 2 nitrogen and oxygen atoms in total. The predicted octanol–water partition coefficient (Wildman–Crippen LogP) is 4.66. The molecule has 0 fully saturated rings. The van der Waals surface area contributed by atoms with E-state index in [2.05, 4.69) is 0 Å². The zero-order valence-electron chi connectivity index (χ0n) is 14.0. The molecule has 22 heavy (non-hydrogen) atoms. The van der Waals surface area contributed by atoms with Crippen LogP contribution in [0.4, 0.5) is 0 Å². The van der Waals surface area contributed by atoms with Crippen molar-refractivity contribution in [2.75, 3.05) is 0 Å². The third-order valence-electron chi connectivity index (χ3n) is 2.73. The summed E-state index contributed by atoms with van der Waals surface area (Å²) in [6.45, 7) is 8.00. The summed E-state index contributed by atoms with van der Waals surface area (Å²) in [5, 5.41) is 0. The van der Waals surface area contributed by atoms with Crippen LogP contribution in [-0.4, -0.2) is 11.6 Å². The van der Waals surface area contributed by atoms with Gasteiger partial charge in [-0.15, -0.1) is 0 Å². The van der Waals surface area contributed by atoms with E-state index in [4.69, 9.17) is 0 Å². The first-order chi connectivity index (χ1) is 10.8. The molecule has 0 aliphatic rings. The lowest BCUT2D eigenvalue weighted by Crippen LogP contribution is -2.18. The summed E-state index contributed by atoms with van der Waals surface area (Å²) < 4.78 is 0. The van der Waals surface area contributed by atoms with Crippen LogP contribution < -0.4 is 0 Å². The van der Waals surface area contributed by atoms with Crippen LogP contribution in [0.5, 0.6) is 0 Å². The van der Waals surface area contributed by atoms with Crippen LogP contribution in [0.15, 0.2) is 60.7 Å². The fourth-order valence-corrected chi connectivity index (χ4v) is 1.76. The average molecular weight is 298 g/mol. The summed E-state index contributed by atoms with van der Waals surface area (Å²) >= 11 is 0. The molecule has 2 aromatic carbocycles. The van der Waals surface area contributed by atoms with E-state index in [1.807, 2.05) is 88.4 Å². The van der Waals surface area contributed by atoms with Gasteiger partial charge in [0.2, 0.25) is 11.6 Å². The Kier molecular flexibility index (Phi) is 11.3. The van der Waals surface area contributed by atoms with E-state index in [1.54, 1.807) is 0 Å². The molecule has 2 aromatic rings. The molecule has 0 bridgehead atoms. The van der Waals surface area contributed by atoms with Crippen molar-refractivity contribution in [2.24, 2.45) is 0 Å². The zero-order chi connectivity index (χ0) is 16.8. The topological polar surface area (TPSA) is 34.1 Å². The van der Waals surface area contributed by atoms with E-state index in [0.29, 0.717) is 0 Å². The van der Waals surface area contributed by atoms with Crippen LogP contribution in [0.25, 0.3) is 0 Å². The van der Waals surface area contributed by atoms with Crippen molar-refractivity contribution in [2.45, 2.75) is 40.5 Å². The molecule has 0 saturated heterocycles. The molecule has 0 amide bonds. The molecule has 2 rings (SSSR count). The molecule has 0 aliphatic heterocycles. The van der Waals surface area contributed by atoms with Crippen LogP contribution in [0, 0.1) is 0 Å². The van der Waals surface area contributed by atoms with E-state index in [-0.39, 0.29) is 24.4 Å². The molecule has 0 saturated carbocycles. The summed E-state index contributed by atoms with van der Waals surface area (Å²) in [4.78, 5) is 23.5. The fraction of sp³-hybridized carbons (Fsp3) is 0.300. The second-order valence-corrected chi connectivity index (χ2v) is 4.17. The minimum atomic E-state index is -0.329. The third-order valence-corrected chi connectivity index (χ3v) is 2.73. The number of benzene rings is 2. The molecule has 0 unspecified atom stereocenters. The van der Waals surface area contributed by atoms with Gasteiger partial charge in [0.1, 0.15) is 0 Å². The Morgan fingerprint density at radius 1 is 0.591 bits per heavy atom. The van der Waals surface area contributed by atoms with Gasteiger partial charge in [0.25, 0.3) is 0 Å². The van der Waals surface area contributed by atoms with Gasteiger partial charge in [0, 0.05) is 12.8 Å². The molecule has 0 radical (unpaired) electrons. The Hall–Kier alpha value is -2.22. The molecular weight excluding hydrogens is 272 g/mol. The maximum absolute atomic E-state index is 11.8. The number of hydrogen-bond acceptors (Lipinski definition) is 2. The SMILES string of the molecule is CC.CC.O=C(Cc1ccccc1)C(=O)Cc1ccccc1. The maximum atomic E-state index is 11.8. The minimum absolute atomic E-state index is 0.187. The highest BCUT2D eigenvalue weighted by atomic mass is 16.2. The standard InChI is InChI=1S/C16H14O2.2C2H6/c17-15(11-13-7-3-1-4-8-13)16(18)12-14-9-5-2-6-10-14;2*1-2/h1-10H,11-12H2;2*1-2H3. The van der Waals surface area contributed by atoms with Crippen LogP contribution in [0.2, 0.25) is 0 Å².